The number of hydrogen-bond acceptors (Lipinski definition) is 1. The summed E-state index contributed by atoms with van der Waals surface area (Å²) in [6.45, 7) is 0. The van der Waals surface area contributed by atoms with Gasteiger partial charge in [-0.1, -0.05) is 0 Å². The number of pyridine rings is 1. The van der Waals surface area contributed by atoms with Crippen LogP contribution in [0.3, 0.4) is 0 Å². The van der Waals surface area contributed by atoms with E-state index in [-0.39, 0.29) is 0 Å². The summed E-state index contributed by atoms with van der Waals surface area (Å²) < 4.78 is 2.90. The van der Waals surface area contributed by atoms with Gasteiger partial charge in [-0.15, -0.1) is 0 Å². The molecule has 3 rings (SSSR count). The van der Waals surface area contributed by atoms with Gasteiger partial charge in [0.15, 0.2) is 0 Å². The number of nitrogens with zero attached hydrogens (tertiary/aromatic N) is 1. The second-order valence-electron chi connectivity index (χ2n) is 2.97. The summed E-state index contributed by atoms with van der Waals surface area (Å²) in [7, 11) is 0. The van der Waals surface area contributed by atoms with Crippen LogP contribution in [0.1, 0.15) is 0 Å². The van der Waals surface area contributed by atoms with E-state index in [0.29, 0.717) is 14.5 Å². The van der Waals surface area contributed by atoms with Gasteiger partial charge in [-0.25, -0.2) is 0 Å². The predicted molar refractivity (Wildman–Crippen MR) is 56.2 cm³/mol. The molecule has 0 saturated heterocycles. The molecule has 0 N–H and O–H groups in total. The van der Waals surface area contributed by atoms with Crippen molar-refractivity contribution in [2.24, 2.45) is 0 Å². The second-order valence-corrected chi connectivity index (χ2v) is 5.24. The molecule has 0 aliphatic carbocycles. The fourth-order valence-corrected chi connectivity index (χ4v) is 3.83. The Kier molecular flexibility index (Phi) is 1.51. The van der Waals surface area contributed by atoms with E-state index >= 15 is 0 Å². The maximum absolute atomic E-state index is 4.16. The fourth-order valence-electron chi connectivity index (χ4n) is 1.58. The Morgan fingerprint density at radius 1 is 0.923 bits per heavy atom. The summed E-state index contributed by atoms with van der Waals surface area (Å²) in [6.07, 6.45) is 3.87. The second kappa shape index (κ2) is 2.69. The molecule has 0 radical (unpaired) electrons. The van der Waals surface area contributed by atoms with Gasteiger partial charge in [0, 0.05) is 0 Å². The van der Waals surface area contributed by atoms with Crippen molar-refractivity contribution in [3.05, 3.63) is 42.7 Å². The van der Waals surface area contributed by atoms with Gasteiger partial charge in [0.25, 0.3) is 0 Å². The quantitative estimate of drug-likeness (QED) is 0.542. The van der Waals surface area contributed by atoms with Crippen LogP contribution in [0.15, 0.2) is 42.7 Å². The van der Waals surface area contributed by atoms with Crippen LogP contribution in [0.25, 0.3) is 19.3 Å². The third-order valence-electron chi connectivity index (χ3n) is 2.18. The molecular weight excluding hydrogens is 225 g/mol. The number of aromatic nitrogens is 1. The van der Waals surface area contributed by atoms with Gasteiger partial charge in [-0.05, 0) is 0 Å². The van der Waals surface area contributed by atoms with E-state index in [4.69, 9.17) is 0 Å². The average molecular weight is 232 g/mol. The zero-order valence-electron chi connectivity index (χ0n) is 6.90. The van der Waals surface area contributed by atoms with E-state index < -0.39 is 0 Å². The van der Waals surface area contributed by atoms with Gasteiger partial charge in [-0.2, -0.15) is 0 Å². The molecule has 3 aromatic rings. The zero-order chi connectivity index (χ0) is 8.67. The van der Waals surface area contributed by atoms with Crippen LogP contribution in [0.2, 0.25) is 0 Å². The van der Waals surface area contributed by atoms with E-state index in [9.17, 15) is 0 Å². The molecule has 0 spiro atoms. The molecule has 0 unspecified atom stereocenters. The van der Waals surface area contributed by atoms with Gasteiger partial charge in [-0.3, -0.25) is 0 Å². The van der Waals surface area contributed by atoms with Gasteiger partial charge in [0.1, 0.15) is 0 Å². The summed E-state index contributed by atoms with van der Waals surface area (Å²) in [4.78, 5) is 4.16. The molecule has 2 heteroatoms. The van der Waals surface area contributed by atoms with Gasteiger partial charge in [0.2, 0.25) is 0 Å². The van der Waals surface area contributed by atoms with Crippen LogP contribution in [0, 0.1) is 0 Å². The Morgan fingerprint density at radius 2 is 1.77 bits per heavy atom. The van der Waals surface area contributed by atoms with Crippen molar-refractivity contribution < 1.29 is 0 Å². The van der Waals surface area contributed by atoms with Gasteiger partial charge < -0.3 is 0 Å². The van der Waals surface area contributed by atoms with Crippen molar-refractivity contribution in [2.45, 2.75) is 0 Å². The van der Waals surface area contributed by atoms with Crippen LogP contribution >= 0.6 is 0 Å². The number of rotatable bonds is 0. The number of fused-ring (bicyclic) bond motifs is 3. The number of hydrogen-bond donors (Lipinski definition) is 0. The van der Waals surface area contributed by atoms with Crippen molar-refractivity contribution in [1.29, 1.82) is 0 Å². The van der Waals surface area contributed by atoms with Crippen LogP contribution < -0.4 is 0 Å². The standard InChI is InChI=1S/C11H7NSe/c1-2-4-10-8(3-1)9-5-6-12-7-11(9)13-10/h1-7H. The van der Waals surface area contributed by atoms with Gasteiger partial charge in [0.05, 0.1) is 0 Å². The van der Waals surface area contributed by atoms with Crippen LogP contribution in [-0.2, 0) is 0 Å². The Labute approximate surface area is 81.8 Å². The van der Waals surface area contributed by atoms with Crippen LogP contribution in [-0.4, -0.2) is 19.5 Å². The molecular formula is C11H7NSe. The average Bonchev–Trinajstić information content (AvgIpc) is 2.56. The Bertz CT molecular complexity index is 518. The molecule has 0 fully saturated rings. The normalized spacial score (nSPS) is 11.1. The maximum atomic E-state index is 4.16. The Morgan fingerprint density at radius 3 is 2.77 bits per heavy atom. The molecule has 0 aliphatic heterocycles. The first-order valence-electron chi connectivity index (χ1n) is 4.16. The molecule has 13 heavy (non-hydrogen) atoms. The monoisotopic (exact) mass is 233 g/mol. The minimum atomic E-state index is 0.472. The van der Waals surface area contributed by atoms with E-state index in [1.54, 1.807) is 0 Å². The minimum absolute atomic E-state index is 0.472. The SMILES string of the molecule is c1ccc2c(c1)[se]c1cnccc12. The predicted octanol–water partition coefficient (Wildman–Crippen LogP) is 2.44. The third kappa shape index (κ3) is 1.03. The van der Waals surface area contributed by atoms with E-state index in [1.165, 1.54) is 19.3 Å². The Hall–Kier alpha value is -1.11. The first-order chi connectivity index (χ1) is 6.45. The Balaban J connectivity index is 2.64. The first-order valence-corrected chi connectivity index (χ1v) is 5.88. The van der Waals surface area contributed by atoms with Gasteiger partial charge >= 0.3 is 81.5 Å². The van der Waals surface area contributed by atoms with Crippen molar-refractivity contribution in [2.75, 3.05) is 0 Å². The summed E-state index contributed by atoms with van der Waals surface area (Å²) in [5.74, 6) is 0. The molecule has 0 atom stereocenters. The molecule has 62 valence electrons. The van der Waals surface area contributed by atoms with Crippen molar-refractivity contribution >= 4 is 33.8 Å². The van der Waals surface area contributed by atoms with Crippen molar-refractivity contribution in [1.82, 2.24) is 4.98 Å². The molecule has 1 nitrogen and oxygen atoms in total. The fraction of sp³-hybridized carbons (Fsp3) is 0. The van der Waals surface area contributed by atoms with E-state index in [1.807, 2.05) is 12.4 Å². The first kappa shape index (κ1) is 7.31. The summed E-state index contributed by atoms with van der Waals surface area (Å²) in [6, 6.07) is 10.7. The molecule has 2 aromatic heterocycles. The zero-order valence-corrected chi connectivity index (χ0v) is 8.61. The molecule has 0 amide bonds. The summed E-state index contributed by atoms with van der Waals surface area (Å²) in [5, 5.41) is 2.78. The molecule has 0 aliphatic rings. The number of benzene rings is 1. The van der Waals surface area contributed by atoms with E-state index in [0.717, 1.165) is 0 Å². The van der Waals surface area contributed by atoms with Crippen molar-refractivity contribution in [3.8, 4) is 0 Å². The molecule has 1 aromatic carbocycles. The third-order valence-corrected chi connectivity index (χ3v) is 4.53. The summed E-state index contributed by atoms with van der Waals surface area (Å²) >= 11 is 0.472. The van der Waals surface area contributed by atoms with Crippen LogP contribution in [0.4, 0.5) is 0 Å². The van der Waals surface area contributed by atoms with Crippen LogP contribution in [0.5, 0.6) is 0 Å². The molecule has 0 saturated carbocycles. The summed E-state index contributed by atoms with van der Waals surface area (Å²) in [5.41, 5.74) is 0. The van der Waals surface area contributed by atoms with E-state index in [2.05, 4.69) is 35.3 Å². The topological polar surface area (TPSA) is 12.9 Å². The molecule has 0 bridgehead atoms. The van der Waals surface area contributed by atoms with Crippen molar-refractivity contribution in [3.63, 3.8) is 0 Å². The molecule has 2 heterocycles.